The zero-order valence-corrected chi connectivity index (χ0v) is 13.2. The molecule has 100 valence electrons. The first-order valence-corrected chi connectivity index (χ1v) is 7.08. The van der Waals surface area contributed by atoms with E-state index in [0.717, 1.165) is 8.95 Å². The Morgan fingerprint density at radius 3 is 2.53 bits per heavy atom. The molecule has 2 aromatic rings. The number of aliphatic hydroxyl groups excluding tert-OH is 1. The van der Waals surface area contributed by atoms with Crippen molar-refractivity contribution in [2.45, 2.75) is 6.10 Å². The van der Waals surface area contributed by atoms with Crippen LogP contribution in [-0.2, 0) is 0 Å². The molecular formula is C14H11Br2FO2. The predicted octanol–water partition coefficient (Wildman–Crippen LogP) is 4.44. The van der Waals surface area contributed by atoms with Crippen molar-refractivity contribution in [3.8, 4) is 5.75 Å². The summed E-state index contributed by atoms with van der Waals surface area (Å²) in [6.07, 6.45) is -0.910. The Morgan fingerprint density at radius 2 is 1.89 bits per heavy atom. The van der Waals surface area contributed by atoms with Crippen molar-refractivity contribution in [3.05, 3.63) is 62.3 Å². The second kappa shape index (κ2) is 6.03. The molecule has 0 amide bonds. The van der Waals surface area contributed by atoms with Crippen LogP contribution in [0.5, 0.6) is 5.75 Å². The monoisotopic (exact) mass is 388 g/mol. The summed E-state index contributed by atoms with van der Waals surface area (Å²) in [6.45, 7) is 0. The van der Waals surface area contributed by atoms with Crippen molar-refractivity contribution in [3.63, 3.8) is 0 Å². The van der Waals surface area contributed by atoms with Crippen LogP contribution in [0.4, 0.5) is 4.39 Å². The topological polar surface area (TPSA) is 29.5 Å². The van der Waals surface area contributed by atoms with E-state index in [0.29, 0.717) is 11.1 Å². The summed E-state index contributed by atoms with van der Waals surface area (Å²) < 4.78 is 20.1. The van der Waals surface area contributed by atoms with Gasteiger partial charge in [0, 0.05) is 14.5 Å². The summed E-state index contributed by atoms with van der Waals surface area (Å²) in [5.74, 6) is -0.338. The molecule has 0 aliphatic carbocycles. The first kappa shape index (κ1) is 14.5. The summed E-state index contributed by atoms with van der Waals surface area (Å²) >= 11 is 6.72. The molecule has 0 radical (unpaired) electrons. The zero-order chi connectivity index (χ0) is 14.0. The number of methoxy groups -OCH3 is 1. The fourth-order valence-corrected chi connectivity index (χ4v) is 2.60. The van der Waals surface area contributed by atoms with Gasteiger partial charge in [0.25, 0.3) is 0 Å². The molecule has 1 atom stereocenters. The van der Waals surface area contributed by atoms with E-state index in [2.05, 4.69) is 31.9 Å². The highest BCUT2D eigenvalue weighted by atomic mass is 79.9. The quantitative estimate of drug-likeness (QED) is 0.840. The lowest BCUT2D eigenvalue weighted by atomic mass is 10.0. The van der Waals surface area contributed by atoms with E-state index >= 15 is 0 Å². The Hall–Kier alpha value is -0.910. The lowest BCUT2D eigenvalue weighted by molar-refractivity contribution is 0.218. The van der Waals surface area contributed by atoms with Gasteiger partial charge >= 0.3 is 0 Å². The highest BCUT2D eigenvalue weighted by Gasteiger charge is 2.16. The number of benzene rings is 2. The maximum absolute atomic E-state index is 13.6. The molecule has 0 aromatic heterocycles. The van der Waals surface area contributed by atoms with Gasteiger partial charge in [-0.1, -0.05) is 37.9 Å². The van der Waals surface area contributed by atoms with E-state index < -0.39 is 11.9 Å². The van der Waals surface area contributed by atoms with Gasteiger partial charge in [0.15, 0.2) is 11.6 Å². The molecule has 0 saturated heterocycles. The van der Waals surface area contributed by atoms with Crippen LogP contribution in [-0.4, -0.2) is 12.2 Å². The Kier molecular flexibility index (Phi) is 4.60. The first-order chi connectivity index (χ1) is 9.02. The minimum absolute atomic E-state index is 0.157. The largest absolute Gasteiger partial charge is 0.494 e. The van der Waals surface area contributed by atoms with Gasteiger partial charge in [-0.25, -0.2) is 4.39 Å². The van der Waals surface area contributed by atoms with E-state index in [1.54, 1.807) is 12.1 Å². The van der Waals surface area contributed by atoms with Gasteiger partial charge in [-0.3, -0.25) is 0 Å². The Labute approximate surface area is 127 Å². The number of ether oxygens (including phenoxy) is 1. The van der Waals surface area contributed by atoms with E-state index in [4.69, 9.17) is 4.74 Å². The van der Waals surface area contributed by atoms with E-state index in [-0.39, 0.29) is 5.75 Å². The van der Waals surface area contributed by atoms with Crippen molar-refractivity contribution < 1.29 is 14.2 Å². The van der Waals surface area contributed by atoms with Gasteiger partial charge in [-0.15, -0.1) is 0 Å². The average Bonchev–Trinajstić information content (AvgIpc) is 2.40. The number of hydrogen-bond acceptors (Lipinski definition) is 2. The molecule has 1 unspecified atom stereocenters. The maximum Gasteiger partial charge on any atom is 0.165 e. The lowest BCUT2D eigenvalue weighted by Crippen LogP contribution is -2.02. The molecule has 0 aliphatic rings. The summed E-state index contributed by atoms with van der Waals surface area (Å²) in [7, 11) is 1.40. The van der Waals surface area contributed by atoms with Gasteiger partial charge in [-0.05, 0) is 35.9 Å². The van der Waals surface area contributed by atoms with Crippen molar-refractivity contribution in [1.29, 1.82) is 0 Å². The van der Waals surface area contributed by atoms with Crippen LogP contribution in [0, 0.1) is 5.82 Å². The van der Waals surface area contributed by atoms with E-state index in [1.165, 1.54) is 19.2 Å². The highest BCUT2D eigenvalue weighted by Crippen LogP contribution is 2.32. The fourth-order valence-electron chi connectivity index (χ4n) is 1.76. The van der Waals surface area contributed by atoms with Gasteiger partial charge in [0.1, 0.15) is 6.10 Å². The SMILES string of the molecule is COc1ccc(C(O)c2cc(Br)ccc2Br)cc1F. The molecule has 5 heteroatoms. The minimum atomic E-state index is -0.910. The molecule has 2 aromatic carbocycles. The second-order valence-electron chi connectivity index (χ2n) is 3.96. The van der Waals surface area contributed by atoms with Crippen LogP contribution < -0.4 is 4.74 Å². The summed E-state index contributed by atoms with van der Waals surface area (Å²) in [6, 6.07) is 9.88. The third kappa shape index (κ3) is 3.16. The normalized spacial score (nSPS) is 12.3. The first-order valence-electron chi connectivity index (χ1n) is 5.49. The van der Waals surface area contributed by atoms with Gasteiger partial charge in [0.05, 0.1) is 7.11 Å². The molecular weight excluding hydrogens is 379 g/mol. The van der Waals surface area contributed by atoms with Crippen molar-refractivity contribution in [1.82, 2.24) is 0 Å². The maximum atomic E-state index is 13.6. The summed E-state index contributed by atoms with van der Waals surface area (Å²) in [5.41, 5.74) is 1.14. The van der Waals surface area contributed by atoms with Crippen molar-refractivity contribution in [2.75, 3.05) is 7.11 Å². The molecule has 0 fully saturated rings. The van der Waals surface area contributed by atoms with Crippen LogP contribution in [0.15, 0.2) is 45.3 Å². The van der Waals surface area contributed by atoms with E-state index in [1.807, 2.05) is 12.1 Å². The zero-order valence-electron chi connectivity index (χ0n) is 10.0. The minimum Gasteiger partial charge on any atom is -0.494 e. The molecule has 0 aliphatic heterocycles. The van der Waals surface area contributed by atoms with Crippen LogP contribution in [0.3, 0.4) is 0 Å². The Balaban J connectivity index is 2.41. The van der Waals surface area contributed by atoms with E-state index in [9.17, 15) is 9.50 Å². The number of hydrogen-bond donors (Lipinski definition) is 1. The lowest BCUT2D eigenvalue weighted by Gasteiger charge is -2.14. The predicted molar refractivity (Wildman–Crippen MR) is 78.9 cm³/mol. The Bertz CT molecular complexity index is 602. The molecule has 1 N–H and O–H groups in total. The average molecular weight is 390 g/mol. The van der Waals surface area contributed by atoms with Crippen molar-refractivity contribution >= 4 is 31.9 Å². The van der Waals surface area contributed by atoms with Crippen LogP contribution in [0.2, 0.25) is 0 Å². The van der Waals surface area contributed by atoms with Crippen LogP contribution >= 0.6 is 31.9 Å². The van der Waals surface area contributed by atoms with Crippen LogP contribution in [0.1, 0.15) is 17.2 Å². The Morgan fingerprint density at radius 1 is 1.16 bits per heavy atom. The smallest absolute Gasteiger partial charge is 0.165 e. The summed E-state index contributed by atoms with van der Waals surface area (Å²) in [5, 5.41) is 10.3. The highest BCUT2D eigenvalue weighted by molar-refractivity contribution is 9.11. The number of rotatable bonds is 3. The van der Waals surface area contributed by atoms with Crippen LogP contribution in [0.25, 0.3) is 0 Å². The third-order valence-corrected chi connectivity index (χ3v) is 3.96. The summed E-state index contributed by atoms with van der Waals surface area (Å²) in [4.78, 5) is 0. The molecule has 0 heterocycles. The van der Waals surface area contributed by atoms with Gasteiger partial charge in [0.2, 0.25) is 0 Å². The standard InChI is InChI=1S/C14H11Br2FO2/c1-19-13-5-2-8(6-12(13)17)14(18)10-7-9(15)3-4-11(10)16/h2-7,14,18H,1H3. The second-order valence-corrected chi connectivity index (χ2v) is 5.73. The fraction of sp³-hybridized carbons (Fsp3) is 0.143. The molecule has 19 heavy (non-hydrogen) atoms. The number of aliphatic hydroxyl groups is 1. The molecule has 0 bridgehead atoms. The number of halogens is 3. The van der Waals surface area contributed by atoms with Crippen molar-refractivity contribution in [2.24, 2.45) is 0 Å². The third-order valence-electron chi connectivity index (χ3n) is 2.74. The molecule has 2 nitrogen and oxygen atoms in total. The molecule has 0 spiro atoms. The van der Waals surface area contributed by atoms with Gasteiger partial charge in [-0.2, -0.15) is 0 Å². The molecule has 2 rings (SSSR count). The molecule has 0 saturated carbocycles. The van der Waals surface area contributed by atoms with Gasteiger partial charge < -0.3 is 9.84 Å².